The van der Waals surface area contributed by atoms with Crippen molar-refractivity contribution in [3.05, 3.63) is 96.1 Å². The molecular formula is C24H22NO2P. The number of hydrogen-bond acceptors (Lipinski definition) is 3. The lowest BCUT2D eigenvalue weighted by molar-refractivity contribution is 0.473. The van der Waals surface area contributed by atoms with Crippen molar-refractivity contribution in [2.75, 3.05) is 0 Å². The highest BCUT2D eigenvalue weighted by Crippen LogP contribution is 2.61. The molecule has 4 heteroatoms. The molecule has 0 saturated heterocycles. The van der Waals surface area contributed by atoms with Gasteiger partial charge in [-0.1, -0.05) is 66.7 Å². The van der Waals surface area contributed by atoms with Crippen LogP contribution in [0.25, 0.3) is 6.08 Å². The van der Waals surface area contributed by atoms with Gasteiger partial charge in [0.1, 0.15) is 5.75 Å². The molecule has 3 nitrogen and oxygen atoms in total. The number of allylic oxidation sites excluding steroid dienone is 1. The number of benzene rings is 3. The van der Waals surface area contributed by atoms with Crippen LogP contribution < -0.4 is 10.6 Å². The van der Waals surface area contributed by atoms with Crippen LogP contribution in [0.1, 0.15) is 25.0 Å². The van der Waals surface area contributed by atoms with Crippen molar-refractivity contribution in [1.29, 1.82) is 5.26 Å². The van der Waals surface area contributed by atoms with Gasteiger partial charge in [0.25, 0.3) is 0 Å². The molecule has 0 aliphatic carbocycles. The van der Waals surface area contributed by atoms with Crippen molar-refractivity contribution in [1.82, 2.24) is 0 Å². The molecule has 0 aliphatic heterocycles. The molecule has 28 heavy (non-hydrogen) atoms. The SMILES string of the molecule is CC(C)(c1ccc(O)c(/C=C/C#N)c1)P(=O)(c1ccccc1)c1ccccc1. The van der Waals surface area contributed by atoms with Gasteiger partial charge in [-0.15, -0.1) is 0 Å². The van der Waals surface area contributed by atoms with E-state index in [4.69, 9.17) is 5.26 Å². The molecule has 3 rings (SSSR count). The second-order valence-corrected chi connectivity index (χ2v) is 10.4. The van der Waals surface area contributed by atoms with E-state index in [0.29, 0.717) is 5.56 Å². The first-order chi connectivity index (χ1) is 13.4. The van der Waals surface area contributed by atoms with Gasteiger partial charge in [-0.2, -0.15) is 5.26 Å². The third-order valence-electron chi connectivity index (χ3n) is 5.10. The van der Waals surface area contributed by atoms with Crippen molar-refractivity contribution < 1.29 is 9.67 Å². The summed E-state index contributed by atoms with van der Waals surface area (Å²) in [5, 5.41) is 19.8. The van der Waals surface area contributed by atoms with Crippen molar-refractivity contribution in [3.63, 3.8) is 0 Å². The molecule has 0 aliphatic rings. The standard InChI is InChI=1S/C24H22NO2P/c1-24(2,20-15-16-23(26)19(18-20)10-9-17-25)28(27,21-11-5-3-6-12-21)22-13-7-4-8-14-22/h3-16,18,26H,1-2H3/b10-9+. The third kappa shape index (κ3) is 3.40. The number of nitrogens with zero attached hydrogens (tertiary/aromatic N) is 1. The molecule has 0 unspecified atom stereocenters. The van der Waals surface area contributed by atoms with E-state index < -0.39 is 12.3 Å². The molecule has 1 N–H and O–H groups in total. The number of phenols is 1. The third-order valence-corrected chi connectivity index (χ3v) is 8.98. The van der Waals surface area contributed by atoms with E-state index >= 15 is 0 Å². The Hall–Kier alpha value is -3.08. The maximum absolute atomic E-state index is 14.7. The second kappa shape index (κ2) is 7.89. The Morgan fingerprint density at radius 3 is 1.96 bits per heavy atom. The molecule has 3 aromatic rings. The van der Waals surface area contributed by atoms with Gasteiger partial charge in [0, 0.05) is 22.2 Å². The summed E-state index contributed by atoms with van der Waals surface area (Å²) in [7, 11) is -3.08. The summed E-state index contributed by atoms with van der Waals surface area (Å²) in [4.78, 5) is 0. The van der Waals surface area contributed by atoms with E-state index in [0.717, 1.165) is 16.2 Å². The Labute approximate surface area is 166 Å². The maximum Gasteiger partial charge on any atom is 0.152 e. The van der Waals surface area contributed by atoms with E-state index in [1.54, 1.807) is 18.2 Å². The summed E-state index contributed by atoms with van der Waals surface area (Å²) in [5.41, 5.74) is 1.36. The zero-order chi connectivity index (χ0) is 20.2. The zero-order valence-electron chi connectivity index (χ0n) is 15.9. The van der Waals surface area contributed by atoms with Gasteiger partial charge in [0.15, 0.2) is 7.14 Å². The van der Waals surface area contributed by atoms with Gasteiger partial charge in [0.2, 0.25) is 0 Å². The van der Waals surface area contributed by atoms with Gasteiger partial charge in [0.05, 0.1) is 11.2 Å². The van der Waals surface area contributed by atoms with Crippen LogP contribution in [0.2, 0.25) is 0 Å². The highest BCUT2D eigenvalue weighted by molar-refractivity contribution is 7.79. The molecule has 3 aromatic carbocycles. The van der Waals surface area contributed by atoms with Crippen LogP contribution in [-0.2, 0) is 9.72 Å². The molecular weight excluding hydrogens is 365 g/mol. The summed E-state index contributed by atoms with van der Waals surface area (Å²) >= 11 is 0. The summed E-state index contributed by atoms with van der Waals surface area (Å²) in [6, 6.07) is 26.2. The number of aromatic hydroxyl groups is 1. The number of nitriles is 1. The van der Waals surface area contributed by atoms with Crippen LogP contribution in [0.4, 0.5) is 0 Å². The lowest BCUT2D eigenvalue weighted by atomic mass is 9.99. The Kier molecular flexibility index (Phi) is 5.54. The minimum absolute atomic E-state index is 0.0836. The highest BCUT2D eigenvalue weighted by atomic mass is 31.2. The topological polar surface area (TPSA) is 61.1 Å². The largest absolute Gasteiger partial charge is 0.507 e. The monoisotopic (exact) mass is 387 g/mol. The summed E-state index contributed by atoms with van der Waals surface area (Å²) in [6.07, 6.45) is 2.88. The Morgan fingerprint density at radius 1 is 0.929 bits per heavy atom. The van der Waals surface area contributed by atoms with Crippen molar-refractivity contribution in [3.8, 4) is 11.8 Å². The van der Waals surface area contributed by atoms with Crippen LogP contribution in [-0.4, -0.2) is 5.11 Å². The minimum atomic E-state index is -3.08. The summed E-state index contributed by atoms with van der Waals surface area (Å²) < 4.78 is 14.7. The van der Waals surface area contributed by atoms with Crippen LogP contribution >= 0.6 is 7.14 Å². The first kappa shape index (κ1) is 19.7. The molecule has 0 saturated carbocycles. The predicted molar refractivity (Wildman–Crippen MR) is 116 cm³/mol. The predicted octanol–water partition coefficient (Wildman–Crippen LogP) is 5.18. The summed E-state index contributed by atoms with van der Waals surface area (Å²) in [6.45, 7) is 3.94. The van der Waals surface area contributed by atoms with Gasteiger partial charge in [-0.25, -0.2) is 0 Å². The smallest absolute Gasteiger partial charge is 0.152 e. The fourth-order valence-electron chi connectivity index (χ4n) is 3.45. The Morgan fingerprint density at radius 2 is 1.46 bits per heavy atom. The molecule has 0 aromatic heterocycles. The Bertz CT molecular complexity index is 1040. The zero-order valence-corrected chi connectivity index (χ0v) is 16.8. The average molecular weight is 387 g/mol. The van der Waals surface area contributed by atoms with Crippen LogP contribution in [0.3, 0.4) is 0 Å². The second-order valence-electron chi connectivity index (χ2n) is 7.08. The van der Waals surface area contributed by atoms with Gasteiger partial charge in [-0.05, 0) is 37.6 Å². The van der Waals surface area contributed by atoms with E-state index in [-0.39, 0.29) is 5.75 Å². The quantitative estimate of drug-likeness (QED) is 0.485. The molecule has 0 fully saturated rings. The van der Waals surface area contributed by atoms with Crippen LogP contribution in [0.5, 0.6) is 5.75 Å². The fourth-order valence-corrected chi connectivity index (χ4v) is 6.72. The van der Waals surface area contributed by atoms with Gasteiger partial charge in [-0.3, -0.25) is 0 Å². The molecule has 0 atom stereocenters. The van der Waals surface area contributed by atoms with E-state index in [1.807, 2.05) is 86.6 Å². The highest BCUT2D eigenvalue weighted by Gasteiger charge is 2.44. The average Bonchev–Trinajstić information content (AvgIpc) is 2.73. The van der Waals surface area contributed by atoms with E-state index in [9.17, 15) is 9.67 Å². The van der Waals surface area contributed by atoms with Gasteiger partial charge >= 0.3 is 0 Å². The molecule has 140 valence electrons. The summed E-state index contributed by atoms with van der Waals surface area (Å²) in [5.74, 6) is 0.0836. The minimum Gasteiger partial charge on any atom is -0.507 e. The van der Waals surface area contributed by atoms with Crippen molar-refractivity contribution >= 4 is 23.8 Å². The lowest BCUT2D eigenvalue weighted by Gasteiger charge is -2.36. The lowest BCUT2D eigenvalue weighted by Crippen LogP contribution is -2.31. The normalized spacial score (nSPS) is 12.0. The fraction of sp³-hybridized carbons (Fsp3) is 0.125. The molecule has 0 radical (unpaired) electrons. The number of phenolic OH excluding ortho intramolecular Hbond substituents is 1. The first-order valence-electron chi connectivity index (χ1n) is 9.02. The van der Waals surface area contributed by atoms with Crippen molar-refractivity contribution in [2.24, 2.45) is 0 Å². The maximum atomic E-state index is 14.7. The first-order valence-corrected chi connectivity index (χ1v) is 10.7. The van der Waals surface area contributed by atoms with Gasteiger partial charge < -0.3 is 9.67 Å². The molecule has 0 spiro atoms. The molecule has 0 bridgehead atoms. The molecule has 0 heterocycles. The van der Waals surface area contributed by atoms with E-state index in [1.165, 1.54) is 6.08 Å². The number of hydrogen-bond donors (Lipinski definition) is 1. The van der Waals surface area contributed by atoms with Crippen LogP contribution in [0, 0.1) is 11.3 Å². The molecule has 0 amide bonds. The Balaban J connectivity index is 2.25. The van der Waals surface area contributed by atoms with E-state index in [2.05, 4.69) is 0 Å². The van der Waals surface area contributed by atoms with Crippen molar-refractivity contribution in [2.45, 2.75) is 19.0 Å². The number of rotatable bonds is 5. The van der Waals surface area contributed by atoms with Crippen LogP contribution in [0.15, 0.2) is 84.9 Å².